The first kappa shape index (κ1) is 16.0. The van der Waals surface area contributed by atoms with E-state index in [0.29, 0.717) is 17.8 Å². The van der Waals surface area contributed by atoms with Crippen LogP contribution in [0.25, 0.3) is 0 Å². The Bertz CT molecular complexity index is 827. The molecule has 1 N–H and O–H groups in total. The van der Waals surface area contributed by atoms with Gasteiger partial charge in [0.2, 0.25) is 0 Å². The van der Waals surface area contributed by atoms with Crippen LogP contribution >= 0.6 is 0 Å². The van der Waals surface area contributed by atoms with E-state index in [1.165, 1.54) is 24.4 Å². The SMILES string of the molecule is CCn1ncc(S(=O)(=O)Nc2cc([N+](=O)[O-])ccc2C)c1C. The molecule has 22 heavy (non-hydrogen) atoms. The van der Waals surface area contributed by atoms with Gasteiger partial charge in [-0.25, -0.2) is 8.42 Å². The lowest BCUT2D eigenvalue weighted by Crippen LogP contribution is -2.15. The summed E-state index contributed by atoms with van der Waals surface area (Å²) in [6.45, 7) is 5.74. The quantitative estimate of drug-likeness (QED) is 0.670. The van der Waals surface area contributed by atoms with Gasteiger partial charge in [0.1, 0.15) is 4.90 Å². The Balaban J connectivity index is 2.42. The second-order valence-electron chi connectivity index (χ2n) is 4.77. The maximum absolute atomic E-state index is 12.5. The molecule has 1 aromatic heterocycles. The van der Waals surface area contributed by atoms with Crippen molar-refractivity contribution < 1.29 is 13.3 Å². The highest BCUT2D eigenvalue weighted by Gasteiger charge is 2.22. The molecule has 1 heterocycles. The van der Waals surface area contributed by atoms with Gasteiger partial charge >= 0.3 is 0 Å². The number of nitrogens with zero attached hydrogens (tertiary/aromatic N) is 3. The Labute approximate surface area is 128 Å². The number of benzene rings is 1. The van der Waals surface area contributed by atoms with Gasteiger partial charge in [-0.1, -0.05) is 6.07 Å². The van der Waals surface area contributed by atoms with Gasteiger partial charge in [-0.05, 0) is 26.3 Å². The van der Waals surface area contributed by atoms with Crippen LogP contribution in [-0.4, -0.2) is 23.1 Å². The Morgan fingerprint density at radius 2 is 2.05 bits per heavy atom. The minimum absolute atomic E-state index is 0.0558. The van der Waals surface area contributed by atoms with Crippen molar-refractivity contribution in [1.29, 1.82) is 0 Å². The van der Waals surface area contributed by atoms with Gasteiger partial charge < -0.3 is 0 Å². The Morgan fingerprint density at radius 1 is 1.36 bits per heavy atom. The highest BCUT2D eigenvalue weighted by Crippen LogP contribution is 2.25. The topological polar surface area (TPSA) is 107 Å². The van der Waals surface area contributed by atoms with Gasteiger partial charge in [0.05, 0.1) is 22.5 Å². The summed E-state index contributed by atoms with van der Waals surface area (Å²) in [7, 11) is -3.85. The van der Waals surface area contributed by atoms with E-state index in [1.807, 2.05) is 6.92 Å². The molecule has 2 aromatic rings. The number of hydrogen-bond donors (Lipinski definition) is 1. The number of non-ortho nitro benzene ring substituents is 1. The van der Waals surface area contributed by atoms with E-state index in [2.05, 4.69) is 9.82 Å². The van der Waals surface area contributed by atoms with Gasteiger partial charge in [0, 0.05) is 18.7 Å². The monoisotopic (exact) mass is 324 g/mol. The van der Waals surface area contributed by atoms with Crippen LogP contribution in [0.5, 0.6) is 0 Å². The summed E-state index contributed by atoms with van der Waals surface area (Å²) in [5, 5.41) is 14.8. The van der Waals surface area contributed by atoms with Crippen molar-refractivity contribution in [3.63, 3.8) is 0 Å². The number of hydrogen-bond acceptors (Lipinski definition) is 5. The molecule has 0 atom stereocenters. The van der Waals surface area contributed by atoms with Crippen molar-refractivity contribution in [2.45, 2.75) is 32.2 Å². The van der Waals surface area contributed by atoms with Crippen molar-refractivity contribution in [2.24, 2.45) is 0 Å². The average Bonchev–Trinajstić information content (AvgIpc) is 2.82. The normalized spacial score (nSPS) is 11.4. The molecule has 0 aliphatic heterocycles. The molecular formula is C13H16N4O4S. The zero-order valence-electron chi connectivity index (χ0n) is 12.4. The van der Waals surface area contributed by atoms with Crippen LogP contribution in [0.15, 0.2) is 29.3 Å². The van der Waals surface area contributed by atoms with Crippen LogP contribution in [-0.2, 0) is 16.6 Å². The zero-order valence-corrected chi connectivity index (χ0v) is 13.2. The van der Waals surface area contributed by atoms with E-state index in [-0.39, 0.29) is 16.3 Å². The highest BCUT2D eigenvalue weighted by atomic mass is 32.2. The number of rotatable bonds is 5. The van der Waals surface area contributed by atoms with Crippen LogP contribution in [0.3, 0.4) is 0 Å². The van der Waals surface area contributed by atoms with Gasteiger partial charge in [-0.15, -0.1) is 0 Å². The minimum Gasteiger partial charge on any atom is -0.279 e. The Hall–Kier alpha value is -2.42. The van der Waals surface area contributed by atoms with Crippen molar-refractivity contribution in [2.75, 3.05) is 4.72 Å². The molecule has 118 valence electrons. The zero-order chi connectivity index (χ0) is 16.5. The lowest BCUT2D eigenvalue weighted by atomic mass is 10.2. The summed E-state index contributed by atoms with van der Waals surface area (Å²) in [5.41, 5.74) is 1.11. The Kier molecular flexibility index (Phi) is 4.18. The van der Waals surface area contributed by atoms with Crippen LogP contribution in [0.4, 0.5) is 11.4 Å². The largest absolute Gasteiger partial charge is 0.279 e. The predicted molar refractivity (Wildman–Crippen MR) is 81.3 cm³/mol. The third-order valence-corrected chi connectivity index (χ3v) is 4.79. The minimum atomic E-state index is -3.85. The molecule has 0 spiro atoms. The fourth-order valence-corrected chi connectivity index (χ4v) is 3.34. The number of aromatic nitrogens is 2. The number of aryl methyl sites for hydroxylation is 2. The molecular weight excluding hydrogens is 308 g/mol. The van der Waals surface area contributed by atoms with Crippen molar-refractivity contribution in [1.82, 2.24) is 9.78 Å². The second kappa shape index (κ2) is 5.76. The Morgan fingerprint density at radius 3 is 2.59 bits per heavy atom. The molecule has 0 unspecified atom stereocenters. The maximum atomic E-state index is 12.5. The fourth-order valence-electron chi connectivity index (χ4n) is 2.05. The molecule has 9 heteroatoms. The summed E-state index contributed by atoms with van der Waals surface area (Å²) in [6, 6.07) is 4.03. The van der Waals surface area contributed by atoms with Gasteiger partial charge in [-0.3, -0.25) is 19.5 Å². The number of sulfonamides is 1. The van der Waals surface area contributed by atoms with E-state index in [4.69, 9.17) is 0 Å². The maximum Gasteiger partial charge on any atom is 0.271 e. The fraction of sp³-hybridized carbons (Fsp3) is 0.308. The van der Waals surface area contributed by atoms with E-state index in [9.17, 15) is 18.5 Å². The lowest BCUT2D eigenvalue weighted by molar-refractivity contribution is -0.384. The molecule has 0 aliphatic carbocycles. The summed E-state index contributed by atoms with van der Waals surface area (Å²) in [4.78, 5) is 10.3. The molecule has 1 aromatic carbocycles. The van der Waals surface area contributed by atoms with Crippen LogP contribution < -0.4 is 4.72 Å². The van der Waals surface area contributed by atoms with Crippen LogP contribution in [0.2, 0.25) is 0 Å². The standard InChI is InChI=1S/C13H16N4O4S/c1-4-16-10(3)13(8-14-16)22(20,21)15-12-7-11(17(18)19)6-5-9(12)2/h5-8,15H,4H2,1-3H3. The van der Waals surface area contributed by atoms with Crippen molar-refractivity contribution in [3.8, 4) is 0 Å². The van der Waals surface area contributed by atoms with Crippen LogP contribution in [0, 0.1) is 24.0 Å². The van der Waals surface area contributed by atoms with Gasteiger partial charge in [0.25, 0.3) is 15.7 Å². The first-order chi connectivity index (χ1) is 10.3. The number of nitro groups is 1. The summed E-state index contributed by atoms with van der Waals surface area (Å²) in [6.07, 6.45) is 1.27. The average molecular weight is 324 g/mol. The summed E-state index contributed by atoms with van der Waals surface area (Å²) >= 11 is 0. The molecule has 0 bridgehead atoms. The van der Waals surface area contributed by atoms with Crippen molar-refractivity contribution in [3.05, 3.63) is 45.8 Å². The molecule has 2 rings (SSSR count). The first-order valence-corrected chi connectivity index (χ1v) is 8.05. The molecule has 0 amide bonds. The third kappa shape index (κ3) is 2.93. The third-order valence-electron chi connectivity index (χ3n) is 3.32. The number of nitrogens with one attached hydrogen (secondary N) is 1. The molecule has 0 saturated carbocycles. The second-order valence-corrected chi connectivity index (χ2v) is 6.42. The molecule has 0 aliphatic rings. The molecule has 8 nitrogen and oxygen atoms in total. The molecule has 0 saturated heterocycles. The first-order valence-electron chi connectivity index (χ1n) is 6.56. The van der Waals surface area contributed by atoms with E-state index in [1.54, 1.807) is 18.5 Å². The van der Waals surface area contributed by atoms with E-state index < -0.39 is 14.9 Å². The molecule has 0 radical (unpaired) electrons. The molecule has 0 fully saturated rings. The van der Waals surface area contributed by atoms with E-state index >= 15 is 0 Å². The number of nitro benzene ring substituents is 1. The van der Waals surface area contributed by atoms with E-state index in [0.717, 1.165) is 0 Å². The van der Waals surface area contributed by atoms with Crippen molar-refractivity contribution >= 4 is 21.4 Å². The highest BCUT2D eigenvalue weighted by molar-refractivity contribution is 7.92. The summed E-state index contributed by atoms with van der Waals surface area (Å²) < 4.78 is 28.9. The smallest absolute Gasteiger partial charge is 0.271 e. The van der Waals surface area contributed by atoms with Gasteiger partial charge in [0.15, 0.2) is 0 Å². The lowest BCUT2D eigenvalue weighted by Gasteiger charge is -2.10. The summed E-state index contributed by atoms with van der Waals surface area (Å²) in [5.74, 6) is 0. The predicted octanol–water partition coefficient (Wildman–Crippen LogP) is 2.23. The van der Waals surface area contributed by atoms with Crippen LogP contribution in [0.1, 0.15) is 18.2 Å². The van der Waals surface area contributed by atoms with Gasteiger partial charge in [-0.2, -0.15) is 5.10 Å². The number of anilines is 1.